The molecule has 5 heteroatoms. The van der Waals surface area contributed by atoms with Crippen LogP contribution in [-0.4, -0.2) is 24.7 Å². The number of carbonyl (C=O) groups excluding carboxylic acids is 1. The van der Waals surface area contributed by atoms with Gasteiger partial charge in [-0.15, -0.1) is 6.58 Å². The van der Waals surface area contributed by atoms with Crippen LogP contribution in [0.2, 0.25) is 0 Å². The van der Waals surface area contributed by atoms with Gasteiger partial charge in [-0.05, 0) is 29.7 Å². The Kier molecular flexibility index (Phi) is 6.60. The maximum Gasteiger partial charge on any atom is 0.710 e. The van der Waals surface area contributed by atoms with Crippen molar-refractivity contribution in [3.8, 4) is 5.75 Å². The standard InChI is InChI=1S/C18H19BO4/c1-2-6-15-9-11-16(12-10-15)13-17(20)14-22-19(21)23-18-7-4-3-5-8-18/h2-5,7-12,21H,1,6,13-14H2. The van der Waals surface area contributed by atoms with Gasteiger partial charge in [0, 0.05) is 6.42 Å². The maximum absolute atomic E-state index is 11.9. The van der Waals surface area contributed by atoms with E-state index in [0.717, 1.165) is 17.5 Å². The van der Waals surface area contributed by atoms with Crippen molar-refractivity contribution >= 4 is 13.1 Å². The summed E-state index contributed by atoms with van der Waals surface area (Å²) in [5, 5.41) is 9.61. The molecule has 0 aliphatic rings. The molecule has 1 N–H and O–H groups in total. The van der Waals surface area contributed by atoms with Gasteiger partial charge in [0.25, 0.3) is 0 Å². The molecule has 0 atom stereocenters. The summed E-state index contributed by atoms with van der Waals surface area (Å²) in [5.74, 6) is 0.349. The zero-order valence-corrected chi connectivity index (χ0v) is 12.9. The van der Waals surface area contributed by atoms with E-state index in [1.807, 2.05) is 36.4 Å². The minimum Gasteiger partial charge on any atom is -0.512 e. The molecule has 0 spiro atoms. The third kappa shape index (κ3) is 6.10. The molecule has 0 aliphatic heterocycles. The second-order valence-corrected chi connectivity index (χ2v) is 5.07. The largest absolute Gasteiger partial charge is 0.710 e. The van der Waals surface area contributed by atoms with Gasteiger partial charge in [0.1, 0.15) is 5.75 Å². The van der Waals surface area contributed by atoms with Crippen molar-refractivity contribution in [1.82, 2.24) is 0 Å². The van der Waals surface area contributed by atoms with Gasteiger partial charge < -0.3 is 14.3 Å². The lowest BCUT2D eigenvalue weighted by molar-refractivity contribution is -0.121. The number of para-hydroxylation sites is 1. The lowest BCUT2D eigenvalue weighted by Crippen LogP contribution is -2.29. The summed E-state index contributed by atoms with van der Waals surface area (Å²) in [7, 11) is -1.46. The van der Waals surface area contributed by atoms with Crippen molar-refractivity contribution in [2.75, 3.05) is 6.61 Å². The average molecular weight is 310 g/mol. The number of rotatable bonds is 9. The van der Waals surface area contributed by atoms with Crippen LogP contribution in [-0.2, 0) is 22.3 Å². The minimum absolute atomic E-state index is 0.128. The van der Waals surface area contributed by atoms with Crippen LogP contribution < -0.4 is 4.65 Å². The fourth-order valence-corrected chi connectivity index (χ4v) is 2.05. The summed E-state index contributed by atoms with van der Waals surface area (Å²) >= 11 is 0. The van der Waals surface area contributed by atoms with Crippen molar-refractivity contribution in [3.05, 3.63) is 78.4 Å². The van der Waals surface area contributed by atoms with E-state index >= 15 is 0 Å². The van der Waals surface area contributed by atoms with Gasteiger partial charge in [0.2, 0.25) is 0 Å². The Morgan fingerprint density at radius 1 is 1.09 bits per heavy atom. The van der Waals surface area contributed by atoms with Crippen molar-refractivity contribution in [1.29, 1.82) is 0 Å². The Morgan fingerprint density at radius 2 is 1.74 bits per heavy atom. The molecule has 4 nitrogen and oxygen atoms in total. The quantitative estimate of drug-likeness (QED) is 0.571. The van der Waals surface area contributed by atoms with Crippen molar-refractivity contribution in [2.24, 2.45) is 0 Å². The van der Waals surface area contributed by atoms with Gasteiger partial charge >= 0.3 is 7.32 Å². The van der Waals surface area contributed by atoms with E-state index in [4.69, 9.17) is 9.31 Å². The van der Waals surface area contributed by atoms with Gasteiger partial charge in [0.15, 0.2) is 5.78 Å². The highest BCUT2D eigenvalue weighted by atomic mass is 16.7. The number of carbonyl (C=O) groups is 1. The first-order valence-corrected chi connectivity index (χ1v) is 7.39. The van der Waals surface area contributed by atoms with E-state index in [-0.39, 0.29) is 18.8 Å². The lowest BCUT2D eigenvalue weighted by Gasteiger charge is -2.09. The van der Waals surface area contributed by atoms with Crippen LogP contribution in [0.1, 0.15) is 11.1 Å². The molecule has 23 heavy (non-hydrogen) atoms. The second kappa shape index (κ2) is 8.93. The molecule has 0 radical (unpaired) electrons. The molecule has 2 rings (SSSR count). The summed E-state index contributed by atoms with van der Waals surface area (Å²) in [6, 6.07) is 16.5. The van der Waals surface area contributed by atoms with Crippen LogP contribution in [0.4, 0.5) is 0 Å². The summed E-state index contributed by atoms with van der Waals surface area (Å²) in [6.45, 7) is 3.49. The number of Topliss-reactive ketones (excluding diaryl/α,β-unsaturated/α-hetero) is 1. The molecule has 0 bridgehead atoms. The zero-order chi connectivity index (χ0) is 16.5. The average Bonchev–Trinajstić information content (AvgIpc) is 2.56. The van der Waals surface area contributed by atoms with Crippen LogP contribution >= 0.6 is 0 Å². The van der Waals surface area contributed by atoms with Crippen LogP contribution in [0, 0.1) is 0 Å². The Bertz CT molecular complexity index is 625. The number of benzene rings is 2. The van der Waals surface area contributed by atoms with Crippen LogP contribution in [0.3, 0.4) is 0 Å². The normalized spacial score (nSPS) is 10.1. The Morgan fingerprint density at radius 3 is 2.39 bits per heavy atom. The smallest absolute Gasteiger partial charge is 0.512 e. The molecule has 2 aromatic carbocycles. The van der Waals surface area contributed by atoms with Crippen LogP contribution in [0.25, 0.3) is 0 Å². The first-order chi connectivity index (χ1) is 11.2. The molecule has 0 saturated heterocycles. The molecule has 0 unspecified atom stereocenters. The van der Waals surface area contributed by atoms with Crippen LogP contribution in [0.15, 0.2) is 67.3 Å². The first kappa shape index (κ1) is 17.0. The van der Waals surface area contributed by atoms with Gasteiger partial charge in [-0.25, -0.2) is 0 Å². The Balaban J connectivity index is 1.75. The summed E-state index contributed by atoms with van der Waals surface area (Å²) in [5.41, 5.74) is 2.06. The zero-order valence-electron chi connectivity index (χ0n) is 12.9. The molecule has 0 aliphatic carbocycles. The van der Waals surface area contributed by atoms with E-state index in [1.165, 1.54) is 0 Å². The van der Waals surface area contributed by atoms with Gasteiger partial charge in [0.05, 0.1) is 6.61 Å². The molecule has 118 valence electrons. The van der Waals surface area contributed by atoms with Crippen molar-refractivity contribution < 1.29 is 19.1 Å². The number of hydrogen-bond acceptors (Lipinski definition) is 4. The third-order valence-corrected chi connectivity index (χ3v) is 3.17. The maximum atomic E-state index is 11.9. The predicted octanol–water partition coefficient (Wildman–Crippen LogP) is 2.60. The summed E-state index contributed by atoms with van der Waals surface area (Å²) in [6.07, 6.45) is 2.90. The van der Waals surface area contributed by atoms with E-state index < -0.39 is 7.32 Å². The fourth-order valence-electron chi connectivity index (χ4n) is 2.05. The molecule has 0 heterocycles. The fraction of sp³-hybridized carbons (Fsp3) is 0.167. The summed E-state index contributed by atoms with van der Waals surface area (Å²) < 4.78 is 10.1. The number of ketones is 1. The lowest BCUT2D eigenvalue weighted by atomic mass is 10.1. The molecule has 0 saturated carbocycles. The van der Waals surface area contributed by atoms with Crippen LogP contribution in [0.5, 0.6) is 5.75 Å². The molecule has 0 fully saturated rings. The van der Waals surface area contributed by atoms with Crippen molar-refractivity contribution in [3.63, 3.8) is 0 Å². The van der Waals surface area contributed by atoms with Gasteiger partial charge in [-0.3, -0.25) is 4.79 Å². The van der Waals surface area contributed by atoms with E-state index in [1.54, 1.807) is 24.3 Å². The molecular weight excluding hydrogens is 291 g/mol. The van der Waals surface area contributed by atoms with E-state index in [0.29, 0.717) is 5.75 Å². The molecule has 0 aromatic heterocycles. The predicted molar refractivity (Wildman–Crippen MR) is 90.0 cm³/mol. The molecule has 0 amide bonds. The molecular formula is C18H19BO4. The monoisotopic (exact) mass is 310 g/mol. The molecule has 2 aromatic rings. The van der Waals surface area contributed by atoms with Gasteiger partial charge in [-0.1, -0.05) is 48.5 Å². The number of hydrogen-bond donors (Lipinski definition) is 1. The second-order valence-electron chi connectivity index (χ2n) is 5.07. The Labute approximate surface area is 136 Å². The van der Waals surface area contributed by atoms with Gasteiger partial charge in [-0.2, -0.15) is 0 Å². The van der Waals surface area contributed by atoms with E-state index in [9.17, 15) is 9.82 Å². The Hall–Kier alpha value is -2.37. The highest BCUT2D eigenvalue weighted by Crippen LogP contribution is 2.10. The minimum atomic E-state index is -1.46. The first-order valence-electron chi connectivity index (χ1n) is 7.39. The topological polar surface area (TPSA) is 55.8 Å². The highest BCUT2D eigenvalue weighted by Gasteiger charge is 2.19. The number of allylic oxidation sites excluding steroid dienone is 1. The van der Waals surface area contributed by atoms with Crippen molar-refractivity contribution in [2.45, 2.75) is 12.8 Å². The highest BCUT2D eigenvalue weighted by molar-refractivity contribution is 6.36. The summed E-state index contributed by atoms with van der Waals surface area (Å²) in [4.78, 5) is 11.9. The SMILES string of the molecule is C=CCc1ccc(CC(=O)COB(O)Oc2ccccc2)cc1. The third-order valence-electron chi connectivity index (χ3n) is 3.17. The van der Waals surface area contributed by atoms with E-state index in [2.05, 4.69) is 6.58 Å².